The highest BCUT2D eigenvalue weighted by Gasteiger charge is 2.25. The number of nitrogens with one attached hydrogen (secondary N) is 1. The number of rotatable bonds is 4. The van der Waals surface area contributed by atoms with Gasteiger partial charge in [0.1, 0.15) is 0 Å². The van der Waals surface area contributed by atoms with Gasteiger partial charge in [0.05, 0.1) is 0 Å². The number of amides is 1. The molecule has 1 saturated heterocycles. The van der Waals surface area contributed by atoms with Crippen molar-refractivity contribution in [1.82, 2.24) is 10.2 Å². The molecular weight excluding hydrogens is 212 g/mol. The van der Waals surface area contributed by atoms with Crippen LogP contribution in [0, 0.1) is 5.92 Å². The van der Waals surface area contributed by atoms with E-state index < -0.39 is 0 Å². The summed E-state index contributed by atoms with van der Waals surface area (Å²) in [6.45, 7) is 5.02. The van der Waals surface area contributed by atoms with Gasteiger partial charge in [-0.05, 0) is 45.1 Å². The third kappa shape index (κ3) is 3.32. The second-order valence-corrected chi connectivity index (χ2v) is 5.15. The van der Waals surface area contributed by atoms with E-state index in [9.17, 15) is 4.79 Å². The molecule has 1 amide bonds. The summed E-state index contributed by atoms with van der Waals surface area (Å²) in [5, 5.41) is 3.39. The van der Waals surface area contributed by atoms with Crippen LogP contribution in [0.3, 0.4) is 0 Å². The smallest absolute Gasteiger partial charge is 0.223 e. The van der Waals surface area contributed by atoms with E-state index in [-0.39, 0.29) is 0 Å². The number of hydrogen-bond donors (Lipinski definition) is 1. The molecule has 3 nitrogen and oxygen atoms in total. The summed E-state index contributed by atoms with van der Waals surface area (Å²) >= 11 is 0. The van der Waals surface area contributed by atoms with Crippen molar-refractivity contribution in [3.8, 4) is 0 Å². The average Bonchev–Trinajstić information content (AvgIpc) is 2.84. The van der Waals surface area contributed by atoms with Crippen molar-refractivity contribution in [2.45, 2.75) is 45.1 Å². The van der Waals surface area contributed by atoms with Gasteiger partial charge in [0.15, 0.2) is 0 Å². The van der Waals surface area contributed by atoms with E-state index in [2.05, 4.69) is 29.3 Å². The number of nitrogens with zero attached hydrogens (tertiary/aromatic N) is 1. The predicted molar refractivity (Wildman–Crippen MR) is 69.8 cm³/mol. The molecule has 2 aliphatic rings. The maximum Gasteiger partial charge on any atom is 0.223 e. The van der Waals surface area contributed by atoms with Gasteiger partial charge >= 0.3 is 0 Å². The van der Waals surface area contributed by atoms with Crippen LogP contribution < -0.4 is 5.32 Å². The molecule has 0 aromatic heterocycles. The van der Waals surface area contributed by atoms with Crippen LogP contribution in [0.15, 0.2) is 12.2 Å². The standard InChI is InChI=1S/C14H24N2O/c1-2-16(13-8-5-9-15-11-13)14(17)10-12-6-3-4-7-12/h3,6,12-13,15H,2,4-5,7-11H2,1H3. The molecule has 0 aromatic carbocycles. The molecule has 1 fully saturated rings. The number of carbonyl (C=O) groups is 1. The monoisotopic (exact) mass is 236 g/mol. The second-order valence-electron chi connectivity index (χ2n) is 5.15. The van der Waals surface area contributed by atoms with Gasteiger partial charge in [-0.25, -0.2) is 0 Å². The fourth-order valence-electron chi connectivity index (χ4n) is 2.94. The van der Waals surface area contributed by atoms with Crippen molar-refractivity contribution in [1.29, 1.82) is 0 Å². The minimum Gasteiger partial charge on any atom is -0.339 e. The fraction of sp³-hybridized carbons (Fsp3) is 0.786. The highest BCUT2D eigenvalue weighted by molar-refractivity contribution is 5.77. The van der Waals surface area contributed by atoms with Crippen LogP contribution in [0.4, 0.5) is 0 Å². The van der Waals surface area contributed by atoms with Crippen LogP contribution >= 0.6 is 0 Å². The maximum absolute atomic E-state index is 12.3. The Balaban J connectivity index is 1.87. The van der Waals surface area contributed by atoms with Crippen LogP contribution in [-0.2, 0) is 4.79 Å². The van der Waals surface area contributed by atoms with E-state index >= 15 is 0 Å². The maximum atomic E-state index is 12.3. The van der Waals surface area contributed by atoms with Gasteiger partial charge < -0.3 is 10.2 Å². The van der Waals surface area contributed by atoms with Gasteiger partial charge in [-0.1, -0.05) is 12.2 Å². The molecule has 0 bridgehead atoms. The minimum atomic E-state index is 0.345. The van der Waals surface area contributed by atoms with Gasteiger partial charge in [-0.15, -0.1) is 0 Å². The highest BCUT2D eigenvalue weighted by Crippen LogP contribution is 2.22. The summed E-state index contributed by atoms with van der Waals surface area (Å²) < 4.78 is 0. The summed E-state index contributed by atoms with van der Waals surface area (Å²) in [4.78, 5) is 14.4. The van der Waals surface area contributed by atoms with Crippen LogP contribution in [0.5, 0.6) is 0 Å². The lowest BCUT2D eigenvalue weighted by molar-refractivity contribution is -0.134. The van der Waals surface area contributed by atoms with E-state index in [4.69, 9.17) is 0 Å². The molecule has 17 heavy (non-hydrogen) atoms. The first-order valence-electron chi connectivity index (χ1n) is 6.98. The molecule has 0 spiro atoms. The van der Waals surface area contributed by atoms with Gasteiger partial charge in [-0.2, -0.15) is 0 Å². The number of carbonyl (C=O) groups excluding carboxylic acids is 1. The summed E-state index contributed by atoms with van der Waals surface area (Å²) in [6, 6.07) is 0.423. The van der Waals surface area contributed by atoms with Crippen molar-refractivity contribution in [3.05, 3.63) is 12.2 Å². The van der Waals surface area contributed by atoms with Crippen molar-refractivity contribution in [3.63, 3.8) is 0 Å². The quantitative estimate of drug-likeness (QED) is 0.757. The van der Waals surface area contributed by atoms with Crippen LogP contribution in [0.25, 0.3) is 0 Å². The molecule has 1 aliphatic carbocycles. The van der Waals surface area contributed by atoms with Crippen molar-refractivity contribution >= 4 is 5.91 Å². The van der Waals surface area contributed by atoms with Gasteiger partial charge in [0, 0.05) is 25.6 Å². The lowest BCUT2D eigenvalue weighted by atomic mass is 10.0. The number of likely N-dealkylation sites (N-methyl/N-ethyl adjacent to an activating group) is 1. The highest BCUT2D eigenvalue weighted by atomic mass is 16.2. The number of piperidine rings is 1. The van der Waals surface area contributed by atoms with E-state index in [0.29, 0.717) is 24.3 Å². The van der Waals surface area contributed by atoms with Gasteiger partial charge in [-0.3, -0.25) is 4.79 Å². The molecule has 0 saturated carbocycles. The molecule has 2 rings (SSSR count). The minimum absolute atomic E-state index is 0.345. The van der Waals surface area contributed by atoms with E-state index in [0.717, 1.165) is 38.9 Å². The molecule has 1 heterocycles. The van der Waals surface area contributed by atoms with Gasteiger partial charge in [0.2, 0.25) is 5.91 Å². The Bertz CT molecular complexity index is 282. The second kappa shape index (κ2) is 6.20. The van der Waals surface area contributed by atoms with Crippen LogP contribution in [0.1, 0.15) is 39.0 Å². The van der Waals surface area contributed by atoms with E-state index in [1.165, 1.54) is 6.42 Å². The SMILES string of the molecule is CCN(C(=O)CC1C=CCC1)C1CCCNC1. The molecule has 0 radical (unpaired) electrons. The predicted octanol–water partition coefficient (Wildman–Crippen LogP) is 1.94. The number of allylic oxidation sites excluding steroid dienone is 2. The molecule has 0 aromatic rings. The number of hydrogen-bond acceptors (Lipinski definition) is 2. The zero-order chi connectivity index (χ0) is 12.1. The summed E-state index contributed by atoms with van der Waals surface area (Å²) in [5.41, 5.74) is 0. The zero-order valence-electron chi connectivity index (χ0n) is 10.8. The normalized spacial score (nSPS) is 28.3. The summed E-state index contributed by atoms with van der Waals surface area (Å²) in [6.07, 6.45) is 9.79. The molecule has 1 aliphatic heterocycles. The Morgan fingerprint density at radius 2 is 2.35 bits per heavy atom. The first kappa shape index (κ1) is 12.6. The molecule has 3 heteroatoms. The Morgan fingerprint density at radius 1 is 1.47 bits per heavy atom. The Hall–Kier alpha value is -0.830. The molecule has 2 atom stereocenters. The Morgan fingerprint density at radius 3 is 2.94 bits per heavy atom. The first-order chi connectivity index (χ1) is 8.31. The average molecular weight is 236 g/mol. The largest absolute Gasteiger partial charge is 0.339 e. The Labute approximate surface area is 104 Å². The van der Waals surface area contributed by atoms with Crippen molar-refractivity contribution in [2.75, 3.05) is 19.6 Å². The lowest BCUT2D eigenvalue weighted by Gasteiger charge is -2.34. The summed E-state index contributed by atoms with van der Waals surface area (Å²) in [7, 11) is 0. The van der Waals surface area contributed by atoms with Crippen molar-refractivity contribution < 1.29 is 4.79 Å². The fourth-order valence-corrected chi connectivity index (χ4v) is 2.94. The topological polar surface area (TPSA) is 32.3 Å². The molecule has 96 valence electrons. The lowest BCUT2D eigenvalue weighted by Crippen LogP contribution is -2.48. The van der Waals surface area contributed by atoms with E-state index in [1.54, 1.807) is 0 Å². The van der Waals surface area contributed by atoms with Crippen LogP contribution in [-0.4, -0.2) is 36.5 Å². The third-order valence-corrected chi connectivity index (χ3v) is 3.92. The molecular formula is C14H24N2O. The van der Waals surface area contributed by atoms with E-state index in [1.807, 2.05) is 0 Å². The summed E-state index contributed by atoms with van der Waals surface area (Å²) in [5.74, 6) is 0.839. The zero-order valence-corrected chi connectivity index (χ0v) is 10.8. The molecule has 1 N–H and O–H groups in total. The third-order valence-electron chi connectivity index (χ3n) is 3.92. The van der Waals surface area contributed by atoms with Gasteiger partial charge in [0.25, 0.3) is 0 Å². The molecule has 2 unspecified atom stereocenters. The van der Waals surface area contributed by atoms with Crippen LogP contribution in [0.2, 0.25) is 0 Å². The Kier molecular flexibility index (Phi) is 4.60. The van der Waals surface area contributed by atoms with Crippen molar-refractivity contribution in [2.24, 2.45) is 5.92 Å². The first-order valence-corrected chi connectivity index (χ1v) is 6.98.